The summed E-state index contributed by atoms with van der Waals surface area (Å²) < 4.78 is 6.36. The van der Waals surface area contributed by atoms with Gasteiger partial charge in [0.1, 0.15) is 5.75 Å². The molecule has 1 aliphatic carbocycles. The van der Waals surface area contributed by atoms with Crippen LogP contribution in [0.4, 0.5) is 0 Å². The fourth-order valence-corrected chi connectivity index (χ4v) is 2.82. The van der Waals surface area contributed by atoms with Crippen molar-refractivity contribution in [1.29, 1.82) is 0 Å². The Morgan fingerprint density at radius 1 is 1.44 bits per heavy atom. The summed E-state index contributed by atoms with van der Waals surface area (Å²) in [4.78, 5) is 2.30. The Bertz CT molecular complexity index is 405. The standard InChI is InChI=1S/C14H20BrNO2/c1-16(8-10-5-12(17)6-10)9-11-7-13(18-2)3-4-14(11)15/h3-4,7,10,12,17H,5-6,8-9H2,1-2H3. The van der Waals surface area contributed by atoms with Crippen molar-refractivity contribution in [3.63, 3.8) is 0 Å². The number of hydrogen-bond donors (Lipinski definition) is 1. The molecule has 1 aliphatic rings. The van der Waals surface area contributed by atoms with Gasteiger partial charge in [-0.3, -0.25) is 0 Å². The van der Waals surface area contributed by atoms with Gasteiger partial charge in [-0.1, -0.05) is 15.9 Å². The third kappa shape index (κ3) is 3.46. The fourth-order valence-electron chi connectivity index (χ4n) is 2.44. The van der Waals surface area contributed by atoms with Crippen molar-refractivity contribution in [1.82, 2.24) is 4.90 Å². The number of ether oxygens (including phenoxy) is 1. The molecule has 0 amide bonds. The molecule has 18 heavy (non-hydrogen) atoms. The first-order chi connectivity index (χ1) is 8.58. The molecule has 0 atom stereocenters. The molecular weight excluding hydrogens is 294 g/mol. The van der Waals surface area contributed by atoms with Crippen molar-refractivity contribution < 1.29 is 9.84 Å². The number of aliphatic hydroxyl groups is 1. The molecule has 1 N–H and O–H groups in total. The Kier molecular flexibility index (Phi) is 4.65. The Hall–Kier alpha value is -0.580. The molecule has 0 saturated heterocycles. The molecule has 0 heterocycles. The zero-order valence-electron chi connectivity index (χ0n) is 10.9. The number of aliphatic hydroxyl groups excluding tert-OH is 1. The summed E-state index contributed by atoms with van der Waals surface area (Å²) in [6, 6.07) is 6.04. The van der Waals surface area contributed by atoms with E-state index in [1.54, 1.807) is 7.11 Å². The molecule has 1 saturated carbocycles. The highest BCUT2D eigenvalue weighted by atomic mass is 79.9. The van der Waals surface area contributed by atoms with E-state index in [4.69, 9.17) is 4.74 Å². The van der Waals surface area contributed by atoms with Gasteiger partial charge < -0.3 is 14.7 Å². The number of halogens is 1. The highest BCUT2D eigenvalue weighted by Gasteiger charge is 2.27. The van der Waals surface area contributed by atoms with E-state index in [2.05, 4.69) is 33.9 Å². The lowest BCUT2D eigenvalue weighted by Crippen LogP contribution is -2.36. The predicted octanol–water partition coefficient (Wildman–Crippen LogP) is 2.66. The first kappa shape index (κ1) is 13.8. The summed E-state index contributed by atoms with van der Waals surface area (Å²) in [7, 11) is 3.81. The summed E-state index contributed by atoms with van der Waals surface area (Å²) in [5.41, 5.74) is 1.23. The van der Waals surface area contributed by atoms with Gasteiger partial charge in [-0.15, -0.1) is 0 Å². The molecule has 0 spiro atoms. The van der Waals surface area contributed by atoms with Crippen molar-refractivity contribution >= 4 is 15.9 Å². The number of benzene rings is 1. The summed E-state index contributed by atoms with van der Waals surface area (Å²) in [6.45, 7) is 1.94. The van der Waals surface area contributed by atoms with Crippen LogP contribution in [0.3, 0.4) is 0 Å². The molecular formula is C14H20BrNO2. The van der Waals surface area contributed by atoms with Crippen molar-refractivity contribution in [3.8, 4) is 5.75 Å². The molecule has 1 fully saturated rings. The van der Waals surface area contributed by atoms with E-state index >= 15 is 0 Å². The average molecular weight is 314 g/mol. The maximum Gasteiger partial charge on any atom is 0.119 e. The van der Waals surface area contributed by atoms with Crippen LogP contribution in [0.1, 0.15) is 18.4 Å². The van der Waals surface area contributed by atoms with Gasteiger partial charge in [0.2, 0.25) is 0 Å². The third-order valence-corrected chi connectivity index (χ3v) is 4.25. The molecule has 0 bridgehead atoms. The van der Waals surface area contributed by atoms with Gasteiger partial charge in [-0.05, 0) is 49.6 Å². The lowest BCUT2D eigenvalue weighted by molar-refractivity contribution is 0.0273. The van der Waals surface area contributed by atoms with E-state index in [0.717, 1.165) is 36.2 Å². The molecule has 3 nitrogen and oxygen atoms in total. The van der Waals surface area contributed by atoms with Crippen LogP contribution in [0.25, 0.3) is 0 Å². The van der Waals surface area contributed by atoms with Crippen LogP contribution in [0.2, 0.25) is 0 Å². The van der Waals surface area contributed by atoms with Crippen molar-refractivity contribution in [3.05, 3.63) is 28.2 Å². The van der Waals surface area contributed by atoms with Gasteiger partial charge in [0.25, 0.3) is 0 Å². The maximum absolute atomic E-state index is 9.29. The minimum atomic E-state index is -0.0630. The monoisotopic (exact) mass is 313 g/mol. The zero-order valence-corrected chi connectivity index (χ0v) is 12.5. The minimum absolute atomic E-state index is 0.0630. The van der Waals surface area contributed by atoms with Gasteiger partial charge in [0.05, 0.1) is 13.2 Å². The quantitative estimate of drug-likeness (QED) is 0.907. The Morgan fingerprint density at radius 3 is 2.78 bits per heavy atom. The van der Waals surface area contributed by atoms with E-state index in [9.17, 15) is 5.11 Å². The lowest BCUT2D eigenvalue weighted by atomic mass is 9.82. The molecule has 100 valence electrons. The molecule has 1 aromatic carbocycles. The molecule has 0 aromatic heterocycles. The molecule has 0 radical (unpaired) electrons. The SMILES string of the molecule is COc1ccc(Br)c(CN(C)CC2CC(O)C2)c1. The van der Waals surface area contributed by atoms with Crippen LogP contribution in [0, 0.1) is 5.92 Å². The van der Waals surface area contributed by atoms with Gasteiger partial charge in [-0.2, -0.15) is 0 Å². The highest BCUT2D eigenvalue weighted by molar-refractivity contribution is 9.10. The first-order valence-electron chi connectivity index (χ1n) is 6.27. The van der Waals surface area contributed by atoms with Crippen LogP contribution in [-0.2, 0) is 6.54 Å². The summed E-state index contributed by atoms with van der Waals surface area (Å²) >= 11 is 3.57. The Labute approximate surface area is 117 Å². The van der Waals surface area contributed by atoms with Crippen LogP contribution >= 0.6 is 15.9 Å². The van der Waals surface area contributed by atoms with Crippen LogP contribution < -0.4 is 4.74 Å². The largest absolute Gasteiger partial charge is 0.497 e. The Balaban J connectivity index is 1.91. The summed E-state index contributed by atoms with van der Waals surface area (Å²) in [6.07, 6.45) is 1.83. The van der Waals surface area contributed by atoms with Crippen LogP contribution in [-0.4, -0.2) is 36.8 Å². The first-order valence-corrected chi connectivity index (χ1v) is 7.07. The maximum atomic E-state index is 9.29. The third-order valence-electron chi connectivity index (χ3n) is 3.47. The molecule has 0 aliphatic heterocycles. The second-order valence-electron chi connectivity index (χ2n) is 5.15. The second-order valence-corrected chi connectivity index (χ2v) is 6.00. The smallest absolute Gasteiger partial charge is 0.119 e. The summed E-state index contributed by atoms with van der Waals surface area (Å²) in [5.74, 6) is 1.54. The minimum Gasteiger partial charge on any atom is -0.497 e. The number of nitrogens with zero attached hydrogens (tertiary/aromatic N) is 1. The molecule has 2 rings (SSSR count). The normalized spacial score (nSPS) is 22.9. The lowest BCUT2D eigenvalue weighted by Gasteiger charge is -2.34. The van der Waals surface area contributed by atoms with Gasteiger partial charge in [0, 0.05) is 17.6 Å². The topological polar surface area (TPSA) is 32.7 Å². The summed E-state index contributed by atoms with van der Waals surface area (Å²) in [5, 5.41) is 9.29. The molecule has 4 heteroatoms. The Morgan fingerprint density at radius 2 is 2.17 bits per heavy atom. The predicted molar refractivity (Wildman–Crippen MR) is 75.8 cm³/mol. The van der Waals surface area contributed by atoms with Crippen LogP contribution in [0.5, 0.6) is 5.75 Å². The number of rotatable bonds is 5. The van der Waals surface area contributed by atoms with E-state index < -0.39 is 0 Å². The van der Waals surface area contributed by atoms with Gasteiger partial charge in [0.15, 0.2) is 0 Å². The number of hydrogen-bond acceptors (Lipinski definition) is 3. The second kappa shape index (κ2) is 6.04. The zero-order chi connectivity index (χ0) is 13.1. The van der Waals surface area contributed by atoms with Crippen LogP contribution in [0.15, 0.2) is 22.7 Å². The van der Waals surface area contributed by atoms with Crippen molar-refractivity contribution in [2.24, 2.45) is 5.92 Å². The van der Waals surface area contributed by atoms with Gasteiger partial charge >= 0.3 is 0 Å². The van der Waals surface area contributed by atoms with Crippen molar-refractivity contribution in [2.45, 2.75) is 25.5 Å². The number of methoxy groups -OCH3 is 1. The average Bonchev–Trinajstić information content (AvgIpc) is 2.30. The molecule has 1 aromatic rings. The van der Waals surface area contributed by atoms with E-state index in [1.807, 2.05) is 12.1 Å². The van der Waals surface area contributed by atoms with Crippen molar-refractivity contribution in [2.75, 3.05) is 20.7 Å². The highest BCUT2D eigenvalue weighted by Crippen LogP contribution is 2.29. The molecule has 0 unspecified atom stereocenters. The fraction of sp³-hybridized carbons (Fsp3) is 0.571. The van der Waals surface area contributed by atoms with E-state index in [1.165, 1.54) is 5.56 Å². The van der Waals surface area contributed by atoms with E-state index in [-0.39, 0.29) is 6.10 Å². The van der Waals surface area contributed by atoms with Gasteiger partial charge in [-0.25, -0.2) is 0 Å². The van der Waals surface area contributed by atoms with E-state index in [0.29, 0.717) is 5.92 Å².